The SMILES string of the molecule is COc1ccc(C(=O)N2CCN(C3CCCCC3C)CC2)cc1. The van der Waals surface area contributed by atoms with Gasteiger partial charge in [0.15, 0.2) is 0 Å². The van der Waals surface area contributed by atoms with Crippen molar-refractivity contribution >= 4 is 5.91 Å². The van der Waals surface area contributed by atoms with Gasteiger partial charge in [-0.15, -0.1) is 0 Å². The molecule has 2 unspecified atom stereocenters. The van der Waals surface area contributed by atoms with Gasteiger partial charge in [-0.25, -0.2) is 0 Å². The Morgan fingerprint density at radius 1 is 1.04 bits per heavy atom. The van der Waals surface area contributed by atoms with Gasteiger partial charge in [-0.05, 0) is 43.0 Å². The lowest BCUT2D eigenvalue weighted by atomic mass is 9.84. The number of piperazine rings is 1. The van der Waals surface area contributed by atoms with Crippen molar-refractivity contribution in [2.45, 2.75) is 38.6 Å². The number of hydrogen-bond acceptors (Lipinski definition) is 3. The Morgan fingerprint density at radius 2 is 1.70 bits per heavy atom. The first-order chi connectivity index (χ1) is 11.2. The molecule has 1 saturated heterocycles. The summed E-state index contributed by atoms with van der Waals surface area (Å²) in [6, 6.07) is 8.15. The highest BCUT2D eigenvalue weighted by atomic mass is 16.5. The predicted octanol–water partition coefficient (Wildman–Crippen LogP) is 3.03. The Bertz CT molecular complexity index is 521. The summed E-state index contributed by atoms with van der Waals surface area (Å²) >= 11 is 0. The summed E-state index contributed by atoms with van der Waals surface area (Å²) < 4.78 is 5.15. The van der Waals surface area contributed by atoms with Gasteiger partial charge in [0.2, 0.25) is 0 Å². The number of carbonyl (C=O) groups is 1. The van der Waals surface area contributed by atoms with E-state index in [1.807, 2.05) is 29.2 Å². The van der Waals surface area contributed by atoms with Crippen molar-refractivity contribution in [3.05, 3.63) is 29.8 Å². The van der Waals surface area contributed by atoms with Crippen LogP contribution in [0, 0.1) is 5.92 Å². The second kappa shape index (κ2) is 7.35. The molecule has 0 radical (unpaired) electrons. The number of rotatable bonds is 3. The normalized spacial score (nSPS) is 26.1. The molecular formula is C19H28N2O2. The summed E-state index contributed by atoms with van der Waals surface area (Å²) in [4.78, 5) is 17.2. The van der Waals surface area contributed by atoms with E-state index in [9.17, 15) is 4.79 Å². The number of benzene rings is 1. The van der Waals surface area contributed by atoms with Gasteiger partial charge in [-0.2, -0.15) is 0 Å². The second-order valence-corrected chi connectivity index (χ2v) is 6.89. The first kappa shape index (κ1) is 16.3. The molecule has 23 heavy (non-hydrogen) atoms. The van der Waals surface area contributed by atoms with Crippen LogP contribution in [0.1, 0.15) is 43.0 Å². The van der Waals surface area contributed by atoms with E-state index < -0.39 is 0 Å². The molecule has 1 amide bonds. The Hall–Kier alpha value is -1.55. The molecule has 0 bridgehead atoms. The topological polar surface area (TPSA) is 32.8 Å². The number of ether oxygens (including phenoxy) is 1. The van der Waals surface area contributed by atoms with Gasteiger partial charge in [-0.3, -0.25) is 9.69 Å². The Balaban J connectivity index is 1.56. The zero-order valence-electron chi connectivity index (χ0n) is 14.3. The van der Waals surface area contributed by atoms with Crippen LogP contribution in [0.5, 0.6) is 5.75 Å². The first-order valence-corrected chi connectivity index (χ1v) is 8.86. The number of amides is 1. The molecule has 0 spiro atoms. The molecular weight excluding hydrogens is 288 g/mol. The van der Waals surface area contributed by atoms with E-state index in [1.165, 1.54) is 25.7 Å². The zero-order valence-corrected chi connectivity index (χ0v) is 14.3. The van der Waals surface area contributed by atoms with Crippen LogP contribution in [-0.4, -0.2) is 55.0 Å². The molecule has 1 aromatic rings. The van der Waals surface area contributed by atoms with Crippen LogP contribution in [0.15, 0.2) is 24.3 Å². The maximum absolute atomic E-state index is 12.6. The summed E-state index contributed by atoms with van der Waals surface area (Å²) in [5, 5.41) is 0. The van der Waals surface area contributed by atoms with Crippen molar-refractivity contribution in [3.63, 3.8) is 0 Å². The van der Waals surface area contributed by atoms with Gasteiger partial charge < -0.3 is 9.64 Å². The summed E-state index contributed by atoms with van der Waals surface area (Å²) in [5.74, 6) is 1.73. The lowest BCUT2D eigenvalue weighted by Gasteiger charge is -2.43. The Morgan fingerprint density at radius 3 is 2.30 bits per heavy atom. The minimum absolute atomic E-state index is 0.143. The summed E-state index contributed by atoms with van der Waals surface area (Å²) in [6.07, 6.45) is 5.43. The van der Waals surface area contributed by atoms with Crippen molar-refractivity contribution in [2.24, 2.45) is 5.92 Å². The van der Waals surface area contributed by atoms with Gasteiger partial charge in [0, 0.05) is 37.8 Å². The van der Waals surface area contributed by atoms with Crippen LogP contribution in [0.25, 0.3) is 0 Å². The van der Waals surface area contributed by atoms with E-state index >= 15 is 0 Å². The molecule has 3 rings (SSSR count). The van der Waals surface area contributed by atoms with E-state index in [1.54, 1.807) is 7.11 Å². The zero-order chi connectivity index (χ0) is 16.2. The minimum atomic E-state index is 0.143. The molecule has 2 aliphatic rings. The summed E-state index contributed by atoms with van der Waals surface area (Å²) in [7, 11) is 1.64. The quantitative estimate of drug-likeness (QED) is 0.859. The average Bonchev–Trinajstić information content (AvgIpc) is 2.62. The second-order valence-electron chi connectivity index (χ2n) is 6.89. The van der Waals surface area contributed by atoms with E-state index in [0.717, 1.165) is 49.5 Å². The summed E-state index contributed by atoms with van der Waals surface area (Å²) in [6.45, 7) is 6.09. The van der Waals surface area contributed by atoms with Crippen LogP contribution >= 0.6 is 0 Å². The van der Waals surface area contributed by atoms with Gasteiger partial charge in [0.05, 0.1) is 7.11 Å². The molecule has 2 fully saturated rings. The van der Waals surface area contributed by atoms with Crippen LogP contribution in [0.2, 0.25) is 0 Å². The lowest BCUT2D eigenvalue weighted by Crippen LogP contribution is -2.53. The summed E-state index contributed by atoms with van der Waals surface area (Å²) in [5.41, 5.74) is 0.755. The van der Waals surface area contributed by atoms with Gasteiger partial charge in [-0.1, -0.05) is 19.8 Å². The molecule has 4 nitrogen and oxygen atoms in total. The molecule has 1 aromatic carbocycles. The number of nitrogens with zero attached hydrogens (tertiary/aromatic N) is 2. The molecule has 4 heteroatoms. The van der Waals surface area contributed by atoms with Crippen molar-refractivity contribution in [1.82, 2.24) is 9.80 Å². The Kier molecular flexibility index (Phi) is 5.21. The molecule has 0 N–H and O–H groups in total. The molecule has 1 saturated carbocycles. The number of hydrogen-bond donors (Lipinski definition) is 0. The largest absolute Gasteiger partial charge is 0.497 e. The predicted molar refractivity (Wildman–Crippen MR) is 91.9 cm³/mol. The molecule has 1 heterocycles. The highest BCUT2D eigenvalue weighted by Crippen LogP contribution is 2.28. The van der Waals surface area contributed by atoms with Gasteiger partial charge in [0.25, 0.3) is 5.91 Å². The third-order valence-corrected chi connectivity index (χ3v) is 5.47. The first-order valence-electron chi connectivity index (χ1n) is 8.86. The minimum Gasteiger partial charge on any atom is -0.497 e. The fourth-order valence-corrected chi connectivity index (χ4v) is 4.01. The van der Waals surface area contributed by atoms with Crippen LogP contribution < -0.4 is 4.74 Å². The smallest absolute Gasteiger partial charge is 0.253 e. The molecule has 2 atom stereocenters. The van der Waals surface area contributed by atoms with Gasteiger partial charge >= 0.3 is 0 Å². The van der Waals surface area contributed by atoms with E-state index in [2.05, 4.69) is 11.8 Å². The Labute approximate surface area is 139 Å². The molecule has 0 aromatic heterocycles. The fourth-order valence-electron chi connectivity index (χ4n) is 4.01. The van der Waals surface area contributed by atoms with Crippen LogP contribution in [0.3, 0.4) is 0 Å². The number of carbonyl (C=O) groups excluding carboxylic acids is 1. The average molecular weight is 316 g/mol. The van der Waals surface area contributed by atoms with E-state index in [-0.39, 0.29) is 5.91 Å². The molecule has 126 valence electrons. The maximum Gasteiger partial charge on any atom is 0.253 e. The third kappa shape index (κ3) is 3.69. The highest BCUT2D eigenvalue weighted by Gasteiger charge is 2.30. The molecule has 1 aliphatic carbocycles. The number of methoxy groups -OCH3 is 1. The van der Waals surface area contributed by atoms with Crippen molar-refractivity contribution < 1.29 is 9.53 Å². The van der Waals surface area contributed by atoms with E-state index in [4.69, 9.17) is 4.74 Å². The monoisotopic (exact) mass is 316 g/mol. The van der Waals surface area contributed by atoms with E-state index in [0.29, 0.717) is 0 Å². The van der Waals surface area contributed by atoms with Crippen molar-refractivity contribution in [1.29, 1.82) is 0 Å². The van der Waals surface area contributed by atoms with Crippen molar-refractivity contribution in [3.8, 4) is 5.75 Å². The standard InChI is InChI=1S/C19H28N2O2/c1-15-5-3-4-6-18(15)20-11-13-21(14-12-20)19(22)16-7-9-17(23-2)10-8-16/h7-10,15,18H,3-6,11-14H2,1-2H3. The third-order valence-electron chi connectivity index (χ3n) is 5.47. The van der Waals surface area contributed by atoms with Crippen LogP contribution in [-0.2, 0) is 0 Å². The van der Waals surface area contributed by atoms with Gasteiger partial charge in [0.1, 0.15) is 5.75 Å². The highest BCUT2D eigenvalue weighted by molar-refractivity contribution is 5.94. The maximum atomic E-state index is 12.6. The van der Waals surface area contributed by atoms with Crippen molar-refractivity contribution in [2.75, 3.05) is 33.3 Å². The molecule has 1 aliphatic heterocycles. The van der Waals surface area contributed by atoms with Crippen LogP contribution in [0.4, 0.5) is 0 Å². The fraction of sp³-hybridized carbons (Fsp3) is 0.632. The lowest BCUT2D eigenvalue weighted by molar-refractivity contribution is 0.0423.